The molecule has 0 spiro atoms. The van der Waals surface area contributed by atoms with Gasteiger partial charge < -0.3 is 15.0 Å². The van der Waals surface area contributed by atoms with E-state index >= 15 is 0 Å². The van der Waals surface area contributed by atoms with Crippen molar-refractivity contribution < 1.29 is 22.7 Å². The first-order valence-corrected chi connectivity index (χ1v) is 15.8. The van der Waals surface area contributed by atoms with Crippen molar-refractivity contribution in [2.45, 2.75) is 49.6 Å². The predicted octanol–water partition coefficient (Wildman–Crippen LogP) is 4.54. The average molecular weight is 576 g/mol. The Morgan fingerprint density at radius 3 is 2.17 bits per heavy atom. The van der Waals surface area contributed by atoms with E-state index in [1.807, 2.05) is 35.2 Å². The molecule has 216 valence electrons. The molecule has 2 fully saturated rings. The molecule has 1 aliphatic heterocycles. The number of benzene rings is 3. The van der Waals surface area contributed by atoms with Crippen LogP contribution in [0.1, 0.15) is 54.6 Å². The van der Waals surface area contributed by atoms with Gasteiger partial charge in [-0.3, -0.25) is 4.79 Å². The lowest BCUT2D eigenvalue weighted by Crippen LogP contribution is -2.51. The van der Waals surface area contributed by atoms with Crippen LogP contribution in [0.15, 0.2) is 83.8 Å². The van der Waals surface area contributed by atoms with E-state index in [0.717, 1.165) is 29.8 Å². The van der Waals surface area contributed by atoms with E-state index in [9.17, 15) is 18.0 Å². The van der Waals surface area contributed by atoms with Gasteiger partial charge in [-0.1, -0.05) is 54.6 Å². The van der Waals surface area contributed by atoms with Crippen molar-refractivity contribution in [1.29, 1.82) is 0 Å². The second-order valence-corrected chi connectivity index (χ2v) is 12.4. The van der Waals surface area contributed by atoms with E-state index < -0.39 is 10.0 Å². The van der Waals surface area contributed by atoms with Crippen LogP contribution in [0.4, 0.5) is 0 Å². The van der Waals surface area contributed by atoms with Crippen molar-refractivity contribution in [2.24, 2.45) is 5.92 Å². The number of rotatable bonds is 8. The number of nitrogens with one attached hydrogen (secondary N) is 2. The summed E-state index contributed by atoms with van der Waals surface area (Å²) < 4.78 is 34.2. The van der Waals surface area contributed by atoms with E-state index in [-0.39, 0.29) is 34.8 Å². The Labute approximate surface area is 242 Å². The summed E-state index contributed by atoms with van der Waals surface area (Å²) in [5, 5.41) is 3.41. The normalized spacial score (nSPS) is 21.3. The maximum absolute atomic E-state index is 13.5. The van der Waals surface area contributed by atoms with Gasteiger partial charge >= 0.3 is 5.97 Å². The summed E-state index contributed by atoms with van der Waals surface area (Å²) in [6, 6.07) is 23.7. The molecule has 2 N–H and O–H groups in total. The van der Waals surface area contributed by atoms with Crippen molar-refractivity contribution in [3.63, 3.8) is 0 Å². The molecule has 0 aromatic heterocycles. The first-order valence-electron chi connectivity index (χ1n) is 14.3. The Morgan fingerprint density at radius 2 is 1.54 bits per heavy atom. The largest absolute Gasteiger partial charge is 0.462 e. The minimum Gasteiger partial charge on any atom is -0.462 e. The van der Waals surface area contributed by atoms with Gasteiger partial charge in [0.15, 0.2) is 0 Å². The predicted molar refractivity (Wildman–Crippen MR) is 158 cm³/mol. The van der Waals surface area contributed by atoms with Gasteiger partial charge in [0.1, 0.15) is 0 Å². The molecule has 3 aromatic rings. The number of nitrogens with zero attached hydrogens (tertiary/aromatic N) is 1. The SMILES string of the molecule is CCOC(=O)c1ccc(-c2ccc(S(=O)(=O)NC3CCC(C(=O)N4CCNC[C@@H]4c4ccccc4)CC3)cc2)cc1. The van der Waals surface area contributed by atoms with E-state index in [2.05, 4.69) is 22.2 Å². The van der Waals surface area contributed by atoms with E-state index in [4.69, 9.17) is 4.74 Å². The van der Waals surface area contributed by atoms with Crippen LogP contribution in [-0.4, -0.2) is 57.5 Å². The number of piperazine rings is 1. The standard InChI is InChI=1S/C32H37N3O5S/c1-2-40-32(37)27-10-8-23(9-11-27)24-14-18-29(19-15-24)41(38,39)34-28-16-12-26(13-17-28)31(36)35-21-20-33-22-30(35)25-6-4-3-5-7-25/h3-11,14-15,18-19,26,28,30,33-34H,2,12-13,16-17,20-22H2,1H3/t26?,28?,30-/m1/s1. The van der Waals surface area contributed by atoms with Gasteiger partial charge in [-0.25, -0.2) is 17.9 Å². The van der Waals surface area contributed by atoms with Crippen LogP contribution in [0, 0.1) is 5.92 Å². The Morgan fingerprint density at radius 1 is 0.902 bits per heavy atom. The van der Waals surface area contributed by atoms with Crippen LogP contribution < -0.4 is 10.0 Å². The molecular formula is C32H37N3O5S. The van der Waals surface area contributed by atoms with Gasteiger partial charge in [-0.05, 0) is 73.6 Å². The number of amides is 1. The minimum atomic E-state index is -3.70. The molecular weight excluding hydrogens is 538 g/mol. The second kappa shape index (κ2) is 13.0. The van der Waals surface area contributed by atoms with Gasteiger partial charge in [0, 0.05) is 31.6 Å². The molecule has 1 atom stereocenters. The molecule has 2 aliphatic rings. The van der Waals surface area contributed by atoms with Gasteiger partial charge in [-0.15, -0.1) is 0 Å². The summed E-state index contributed by atoms with van der Waals surface area (Å²) in [5.41, 5.74) is 3.32. The topological polar surface area (TPSA) is 105 Å². The quantitative estimate of drug-likeness (QED) is 0.382. The lowest BCUT2D eigenvalue weighted by molar-refractivity contribution is -0.140. The summed E-state index contributed by atoms with van der Waals surface area (Å²) in [7, 11) is -3.70. The van der Waals surface area contributed by atoms with E-state index in [1.54, 1.807) is 43.3 Å². The summed E-state index contributed by atoms with van der Waals surface area (Å²) in [4.78, 5) is 27.6. The monoisotopic (exact) mass is 575 g/mol. The third-order valence-electron chi connectivity index (χ3n) is 8.00. The molecule has 8 nitrogen and oxygen atoms in total. The highest BCUT2D eigenvalue weighted by molar-refractivity contribution is 7.89. The lowest BCUT2D eigenvalue weighted by Gasteiger charge is -2.40. The average Bonchev–Trinajstić information content (AvgIpc) is 3.01. The molecule has 1 amide bonds. The molecule has 41 heavy (non-hydrogen) atoms. The fourth-order valence-electron chi connectivity index (χ4n) is 5.76. The zero-order chi connectivity index (χ0) is 28.8. The van der Waals surface area contributed by atoms with E-state index in [1.165, 1.54) is 0 Å². The summed E-state index contributed by atoms with van der Waals surface area (Å²) in [5.74, 6) is -0.285. The number of hydrogen-bond acceptors (Lipinski definition) is 6. The molecule has 9 heteroatoms. The smallest absolute Gasteiger partial charge is 0.338 e. The highest BCUT2D eigenvalue weighted by Gasteiger charge is 2.35. The fraction of sp³-hybridized carbons (Fsp3) is 0.375. The number of sulfonamides is 1. The van der Waals surface area contributed by atoms with Crippen LogP contribution in [0.2, 0.25) is 0 Å². The number of ether oxygens (including phenoxy) is 1. The third-order valence-corrected chi connectivity index (χ3v) is 9.54. The molecule has 3 aromatic carbocycles. The Kier molecular flexibility index (Phi) is 9.17. The highest BCUT2D eigenvalue weighted by Crippen LogP contribution is 2.31. The van der Waals surface area contributed by atoms with Gasteiger partial charge in [0.25, 0.3) is 0 Å². The molecule has 1 saturated heterocycles. The zero-order valence-electron chi connectivity index (χ0n) is 23.3. The Bertz CT molecular complexity index is 1430. The summed E-state index contributed by atoms with van der Waals surface area (Å²) in [6.07, 6.45) is 2.58. The maximum Gasteiger partial charge on any atom is 0.338 e. The lowest BCUT2D eigenvalue weighted by atomic mass is 9.85. The van der Waals surface area contributed by atoms with Crippen molar-refractivity contribution in [3.8, 4) is 11.1 Å². The number of hydrogen-bond donors (Lipinski definition) is 2. The molecule has 1 saturated carbocycles. The van der Waals surface area contributed by atoms with Crippen LogP contribution in [0.25, 0.3) is 11.1 Å². The van der Waals surface area contributed by atoms with Crippen LogP contribution in [0.5, 0.6) is 0 Å². The summed E-state index contributed by atoms with van der Waals surface area (Å²) in [6.45, 7) is 4.27. The minimum absolute atomic E-state index is 0.0205. The van der Waals surface area contributed by atoms with Crippen molar-refractivity contribution >= 4 is 21.9 Å². The number of esters is 1. The Hall–Kier alpha value is -3.53. The second-order valence-electron chi connectivity index (χ2n) is 10.7. The Balaban J connectivity index is 1.17. The number of carbonyl (C=O) groups excluding carboxylic acids is 2. The van der Waals surface area contributed by atoms with E-state index in [0.29, 0.717) is 44.4 Å². The molecule has 5 rings (SSSR count). The van der Waals surface area contributed by atoms with Crippen LogP contribution in [0.3, 0.4) is 0 Å². The molecule has 1 heterocycles. The first-order chi connectivity index (χ1) is 19.9. The number of carbonyl (C=O) groups is 2. The van der Waals surface area contributed by atoms with Crippen LogP contribution >= 0.6 is 0 Å². The fourth-order valence-corrected chi connectivity index (χ4v) is 7.07. The highest BCUT2D eigenvalue weighted by atomic mass is 32.2. The van der Waals surface area contributed by atoms with Gasteiger partial charge in [0.2, 0.25) is 15.9 Å². The van der Waals surface area contributed by atoms with Gasteiger partial charge in [-0.2, -0.15) is 0 Å². The molecule has 0 unspecified atom stereocenters. The van der Waals surface area contributed by atoms with Crippen molar-refractivity contribution in [1.82, 2.24) is 14.9 Å². The van der Waals surface area contributed by atoms with Gasteiger partial charge in [0.05, 0.1) is 23.1 Å². The maximum atomic E-state index is 13.5. The molecule has 0 bridgehead atoms. The molecule has 1 aliphatic carbocycles. The molecule has 0 radical (unpaired) electrons. The van der Waals surface area contributed by atoms with Crippen molar-refractivity contribution in [2.75, 3.05) is 26.2 Å². The summed E-state index contributed by atoms with van der Waals surface area (Å²) >= 11 is 0. The van der Waals surface area contributed by atoms with Crippen molar-refractivity contribution in [3.05, 3.63) is 90.0 Å². The zero-order valence-corrected chi connectivity index (χ0v) is 24.1. The third kappa shape index (κ3) is 6.86. The van der Waals surface area contributed by atoms with Crippen LogP contribution in [-0.2, 0) is 19.6 Å². The first kappa shape index (κ1) is 29.0.